The maximum Gasteiger partial charge on any atom is 0.416 e. The Bertz CT molecular complexity index is 1250. The number of para-hydroxylation sites is 1. The van der Waals surface area contributed by atoms with Gasteiger partial charge in [-0.05, 0) is 43.7 Å². The molecule has 0 saturated heterocycles. The number of hydrogen-bond donors (Lipinski definition) is 0. The number of amides is 1. The fourth-order valence-electron chi connectivity index (χ4n) is 3.57. The van der Waals surface area contributed by atoms with Crippen molar-refractivity contribution in [3.8, 4) is 0 Å². The molecule has 1 unspecified atom stereocenters. The highest BCUT2D eigenvalue weighted by atomic mass is 19.4. The van der Waals surface area contributed by atoms with E-state index in [0.717, 1.165) is 4.90 Å². The molecule has 0 bridgehead atoms. The summed E-state index contributed by atoms with van der Waals surface area (Å²) in [6, 6.07) is 6.34. The zero-order valence-electron chi connectivity index (χ0n) is 18.5. The molecule has 2 aromatic carbocycles. The molecule has 3 aromatic rings. The number of aromatic nitrogens is 2. The van der Waals surface area contributed by atoms with E-state index in [1.165, 1.54) is 18.5 Å². The Labute approximate surface area is 190 Å². The highest BCUT2D eigenvalue weighted by molar-refractivity contribution is 5.94. The van der Waals surface area contributed by atoms with E-state index in [1.807, 2.05) is 6.92 Å². The van der Waals surface area contributed by atoms with Crippen molar-refractivity contribution in [2.75, 3.05) is 7.05 Å². The molecular weight excluding hydrogens is 464 g/mol. The normalized spacial score (nSPS) is 13.2. The van der Waals surface area contributed by atoms with Gasteiger partial charge in [0, 0.05) is 19.2 Å². The zero-order chi connectivity index (χ0) is 25.4. The third kappa shape index (κ3) is 4.92. The molecule has 0 saturated carbocycles. The average molecular weight is 485 g/mol. The number of carbonyl (C=O) groups is 1. The van der Waals surface area contributed by atoms with Crippen LogP contribution in [0, 0.1) is 0 Å². The van der Waals surface area contributed by atoms with Gasteiger partial charge in [-0.1, -0.05) is 19.1 Å². The van der Waals surface area contributed by atoms with E-state index in [4.69, 9.17) is 0 Å². The van der Waals surface area contributed by atoms with Crippen LogP contribution in [0.25, 0.3) is 10.9 Å². The topological polar surface area (TPSA) is 55.2 Å². The Morgan fingerprint density at radius 2 is 1.59 bits per heavy atom. The molecule has 11 heteroatoms. The molecule has 0 aliphatic rings. The highest BCUT2D eigenvalue weighted by Gasteiger charge is 2.38. The van der Waals surface area contributed by atoms with Crippen LogP contribution < -0.4 is 5.56 Å². The van der Waals surface area contributed by atoms with E-state index in [0.29, 0.717) is 29.5 Å². The number of rotatable bonds is 5. The first kappa shape index (κ1) is 25.3. The second-order valence-corrected chi connectivity index (χ2v) is 7.83. The minimum atomic E-state index is -5.08. The standard InChI is InChI=1S/C23H21F6N3O2/c1-4-9-32-19(30-18-8-6-5-7-17(18)21(32)34)13(2)31(3)20(33)14-10-15(22(24,25)26)12-16(11-14)23(27,28)29/h5-8,10-13H,4,9H2,1-3H3. The number of alkyl halides is 6. The first-order chi connectivity index (χ1) is 15.8. The Balaban J connectivity index is 2.10. The van der Waals surface area contributed by atoms with Gasteiger partial charge in [0.25, 0.3) is 11.5 Å². The van der Waals surface area contributed by atoms with Crippen molar-refractivity contribution in [1.82, 2.24) is 14.5 Å². The van der Waals surface area contributed by atoms with Gasteiger partial charge in [0.05, 0.1) is 28.1 Å². The van der Waals surface area contributed by atoms with Crippen molar-refractivity contribution in [2.24, 2.45) is 0 Å². The minimum Gasteiger partial charge on any atom is -0.332 e. The van der Waals surface area contributed by atoms with Gasteiger partial charge in [-0.2, -0.15) is 26.3 Å². The second kappa shape index (κ2) is 9.11. The number of nitrogens with zero attached hydrogens (tertiary/aromatic N) is 3. The molecule has 0 spiro atoms. The van der Waals surface area contributed by atoms with Gasteiger partial charge in [0.1, 0.15) is 5.82 Å². The molecule has 1 atom stereocenters. The smallest absolute Gasteiger partial charge is 0.332 e. The molecular formula is C23H21F6N3O2. The van der Waals surface area contributed by atoms with Crippen molar-refractivity contribution in [2.45, 2.75) is 45.2 Å². The van der Waals surface area contributed by atoms with Gasteiger partial charge in [0.15, 0.2) is 0 Å². The lowest BCUT2D eigenvalue weighted by molar-refractivity contribution is -0.143. The summed E-state index contributed by atoms with van der Waals surface area (Å²) in [7, 11) is 1.23. The Morgan fingerprint density at radius 1 is 1.03 bits per heavy atom. The number of benzene rings is 2. The molecule has 34 heavy (non-hydrogen) atoms. The van der Waals surface area contributed by atoms with Crippen LogP contribution in [0.1, 0.15) is 53.6 Å². The summed E-state index contributed by atoms with van der Waals surface area (Å²) in [4.78, 5) is 31.4. The number of carbonyl (C=O) groups excluding carboxylic acids is 1. The summed E-state index contributed by atoms with van der Waals surface area (Å²) in [6.07, 6.45) is -9.61. The van der Waals surface area contributed by atoms with Crippen LogP contribution in [0.4, 0.5) is 26.3 Å². The lowest BCUT2D eigenvalue weighted by Crippen LogP contribution is -2.35. The summed E-state index contributed by atoms with van der Waals surface area (Å²) in [5.41, 5.74) is -3.94. The predicted octanol–water partition coefficient (Wildman–Crippen LogP) is 5.68. The first-order valence-corrected chi connectivity index (χ1v) is 10.3. The zero-order valence-corrected chi connectivity index (χ0v) is 18.5. The molecule has 1 heterocycles. The largest absolute Gasteiger partial charge is 0.416 e. The Kier molecular flexibility index (Phi) is 6.77. The van der Waals surface area contributed by atoms with Crippen molar-refractivity contribution >= 4 is 16.8 Å². The quantitative estimate of drug-likeness (QED) is 0.437. The van der Waals surface area contributed by atoms with Gasteiger partial charge in [-0.3, -0.25) is 14.2 Å². The van der Waals surface area contributed by atoms with Crippen LogP contribution in [0.2, 0.25) is 0 Å². The molecule has 0 aliphatic heterocycles. The molecule has 1 aromatic heterocycles. The second-order valence-electron chi connectivity index (χ2n) is 7.83. The number of fused-ring (bicyclic) bond motifs is 1. The van der Waals surface area contributed by atoms with Crippen molar-refractivity contribution in [1.29, 1.82) is 0 Å². The van der Waals surface area contributed by atoms with Gasteiger partial charge in [-0.15, -0.1) is 0 Å². The fraction of sp³-hybridized carbons (Fsp3) is 0.348. The van der Waals surface area contributed by atoms with E-state index in [-0.39, 0.29) is 24.0 Å². The Morgan fingerprint density at radius 3 is 2.12 bits per heavy atom. The molecule has 0 radical (unpaired) electrons. The van der Waals surface area contributed by atoms with Gasteiger partial charge in [-0.25, -0.2) is 4.98 Å². The Hall–Kier alpha value is -3.37. The molecule has 182 valence electrons. The van der Waals surface area contributed by atoms with E-state index in [1.54, 1.807) is 24.3 Å². The fourth-order valence-corrected chi connectivity index (χ4v) is 3.57. The summed E-state index contributed by atoms with van der Waals surface area (Å²) in [5.74, 6) is -0.904. The predicted molar refractivity (Wildman–Crippen MR) is 113 cm³/mol. The van der Waals surface area contributed by atoms with Gasteiger partial charge < -0.3 is 4.90 Å². The lowest BCUT2D eigenvalue weighted by Gasteiger charge is -2.27. The molecule has 5 nitrogen and oxygen atoms in total. The SMILES string of the molecule is CCCn1c(C(C)N(C)C(=O)c2cc(C(F)(F)F)cc(C(F)(F)F)c2)nc2ccccc2c1=O. The third-order valence-electron chi connectivity index (χ3n) is 5.45. The van der Waals surface area contributed by atoms with E-state index in [9.17, 15) is 35.9 Å². The first-order valence-electron chi connectivity index (χ1n) is 10.3. The maximum atomic E-state index is 13.2. The van der Waals surface area contributed by atoms with Crippen molar-refractivity contribution < 1.29 is 31.1 Å². The van der Waals surface area contributed by atoms with Crippen LogP contribution >= 0.6 is 0 Å². The van der Waals surface area contributed by atoms with Gasteiger partial charge >= 0.3 is 12.4 Å². The van der Waals surface area contributed by atoms with E-state index >= 15 is 0 Å². The molecule has 0 N–H and O–H groups in total. The lowest BCUT2D eigenvalue weighted by atomic mass is 10.0. The number of hydrogen-bond acceptors (Lipinski definition) is 3. The summed E-state index contributed by atoms with van der Waals surface area (Å²) in [5, 5.41) is 0.355. The highest BCUT2D eigenvalue weighted by Crippen LogP contribution is 2.37. The van der Waals surface area contributed by atoms with Crippen molar-refractivity contribution in [3.05, 3.63) is 75.3 Å². The molecule has 0 aliphatic carbocycles. The van der Waals surface area contributed by atoms with Crippen molar-refractivity contribution in [3.63, 3.8) is 0 Å². The van der Waals surface area contributed by atoms with Crippen LogP contribution in [-0.4, -0.2) is 27.4 Å². The maximum absolute atomic E-state index is 13.2. The minimum absolute atomic E-state index is 0.0377. The molecule has 3 rings (SSSR count). The monoisotopic (exact) mass is 485 g/mol. The summed E-state index contributed by atoms with van der Waals surface area (Å²) >= 11 is 0. The molecule has 1 amide bonds. The summed E-state index contributed by atoms with van der Waals surface area (Å²) in [6.45, 7) is 3.59. The van der Waals surface area contributed by atoms with Crippen LogP contribution in [0.15, 0.2) is 47.3 Å². The van der Waals surface area contributed by atoms with Gasteiger partial charge in [0.2, 0.25) is 0 Å². The molecule has 0 fully saturated rings. The van der Waals surface area contributed by atoms with Crippen LogP contribution in [0.5, 0.6) is 0 Å². The van der Waals surface area contributed by atoms with Crippen LogP contribution in [-0.2, 0) is 18.9 Å². The third-order valence-corrected chi connectivity index (χ3v) is 5.45. The van der Waals surface area contributed by atoms with E-state index < -0.39 is 41.0 Å². The summed E-state index contributed by atoms with van der Waals surface area (Å²) < 4.78 is 80.7. The van der Waals surface area contributed by atoms with Crippen LogP contribution in [0.3, 0.4) is 0 Å². The average Bonchev–Trinajstić information content (AvgIpc) is 2.78. The number of halogens is 6. The van der Waals surface area contributed by atoms with E-state index in [2.05, 4.69) is 4.98 Å².